The molecule has 0 aliphatic heterocycles. The van der Waals surface area contributed by atoms with E-state index in [2.05, 4.69) is 231 Å². The van der Waals surface area contributed by atoms with Crippen LogP contribution in [0.25, 0.3) is 152 Å². The van der Waals surface area contributed by atoms with E-state index in [-0.39, 0.29) is 0 Å². The first-order chi connectivity index (χ1) is 36.1. The molecule has 0 N–H and O–H groups in total. The maximum atomic E-state index is 5.43. The van der Waals surface area contributed by atoms with Crippen LogP contribution >= 0.6 is 11.3 Å². The normalized spacial score (nSPS) is 11.8. The maximum Gasteiger partial charge on any atom is 0.0979 e. The lowest BCUT2D eigenvalue weighted by Crippen LogP contribution is -1.93. The lowest BCUT2D eigenvalue weighted by atomic mass is 9.93. The molecule has 15 aromatic rings. The zero-order valence-electron chi connectivity index (χ0n) is 39.3. The first-order valence-corrected chi connectivity index (χ1v) is 25.5. The van der Waals surface area contributed by atoms with Crippen LogP contribution in [0.1, 0.15) is 0 Å². The highest BCUT2D eigenvalue weighted by molar-refractivity contribution is 7.25. The first-order valence-electron chi connectivity index (χ1n) is 24.7. The molecule has 0 spiro atoms. The van der Waals surface area contributed by atoms with Crippen LogP contribution in [0, 0.1) is 0 Å². The van der Waals surface area contributed by atoms with Crippen molar-refractivity contribution in [3.8, 4) is 67.0 Å². The van der Waals surface area contributed by atoms with E-state index in [1.807, 2.05) is 23.7 Å². The van der Waals surface area contributed by atoms with Crippen LogP contribution in [0.5, 0.6) is 0 Å². The van der Waals surface area contributed by atoms with Gasteiger partial charge in [-0.15, -0.1) is 11.3 Å². The third-order valence-electron chi connectivity index (χ3n) is 14.7. The van der Waals surface area contributed by atoms with Gasteiger partial charge in [0.05, 0.1) is 45.8 Å². The fraction of sp³-hybridized carbons (Fsp3) is 0. The standard InChI is InChI=1S/C68H40N4S/c1-3-15-41(16-4-1)45-31-47(35-49(33-45)61-39-69-65-55-23-11-7-19-51(55)53-21-9-13-25-57(53)67(65)71-61)43-27-29-63-59(37-43)60-38-44(28-30-64(60)73-63)48-32-46(42-17-5-2-6-18-42)34-50(36-48)62-40-70-66-56-24-12-8-20-52(56)54-22-10-14-26-58(54)68(66)72-62/h1-40H. The molecule has 338 valence electrons. The molecule has 0 fully saturated rings. The Morgan fingerprint density at radius 1 is 0.219 bits per heavy atom. The quantitative estimate of drug-likeness (QED) is 0.156. The molecule has 0 saturated heterocycles. The Morgan fingerprint density at radius 2 is 0.534 bits per heavy atom. The maximum absolute atomic E-state index is 5.43. The van der Waals surface area contributed by atoms with Crippen molar-refractivity contribution in [3.63, 3.8) is 0 Å². The second-order valence-electron chi connectivity index (χ2n) is 18.9. The molecule has 73 heavy (non-hydrogen) atoms. The van der Waals surface area contributed by atoms with Crippen LogP contribution in [0.4, 0.5) is 0 Å². The minimum Gasteiger partial charge on any atom is -0.252 e. The molecule has 5 heteroatoms. The predicted octanol–water partition coefficient (Wildman–Crippen LogP) is 18.6. The van der Waals surface area contributed by atoms with E-state index >= 15 is 0 Å². The molecule has 0 aliphatic rings. The summed E-state index contributed by atoms with van der Waals surface area (Å²) in [5, 5.41) is 11.6. The summed E-state index contributed by atoms with van der Waals surface area (Å²) < 4.78 is 2.50. The van der Waals surface area contributed by atoms with Gasteiger partial charge in [0.1, 0.15) is 0 Å². The molecular formula is C68H40N4S. The van der Waals surface area contributed by atoms with Crippen LogP contribution in [0.15, 0.2) is 243 Å². The number of thiophene rings is 1. The smallest absolute Gasteiger partial charge is 0.0979 e. The second-order valence-corrected chi connectivity index (χ2v) is 20.0. The van der Waals surface area contributed by atoms with Gasteiger partial charge < -0.3 is 0 Å². The molecule has 0 saturated carbocycles. The molecular weight excluding hydrogens is 905 g/mol. The molecule has 3 aromatic heterocycles. The summed E-state index contributed by atoms with van der Waals surface area (Å²) >= 11 is 1.84. The van der Waals surface area contributed by atoms with Crippen LogP contribution in [0.3, 0.4) is 0 Å². The Kier molecular flexibility index (Phi) is 9.41. The van der Waals surface area contributed by atoms with Crippen LogP contribution in [-0.4, -0.2) is 19.9 Å². The summed E-state index contributed by atoms with van der Waals surface area (Å²) in [6.45, 7) is 0. The summed E-state index contributed by atoms with van der Waals surface area (Å²) in [5.74, 6) is 0. The fourth-order valence-electron chi connectivity index (χ4n) is 11.1. The van der Waals surface area contributed by atoms with E-state index in [4.69, 9.17) is 19.9 Å². The van der Waals surface area contributed by atoms with Gasteiger partial charge in [-0.05, 0) is 127 Å². The summed E-state index contributed by atoms with van der Waals surface area (Å²) in [6, 6.07) is 83.0. The Bertz CT molecular complexity index is 4360. The topological polar surface area (TPSA) is 51.6 Å². The minimum absolute atomic E-state index is 0.840. The summed E-state index contributed by atoms with van der Waals surface area (Å²) in [5.41, 5.74) is 16.5. The van der Waals surface area contributed by atoms with Crippen LogP contribution < -0.4 is 0 Å². The monoisotopic (exact) mass is 944 g/mol. The number of aromatic nitrogens is 4. The van der Waals surface area contributed by atoms with Gasteiger partial charge in [-0.25, -0.2) is 9.97 Å². The van der Waals surface area contributed by atoms with E-state index < -0.39 is 0 Å². The van der Waals surface area contributed by atoms with Crippen molar-refractivity contribution in [3.05, 3.63) is 243 Å². The van der Waals surface area contributed by atoms with Crippen molar-refractivity contribution in [2.45, 2.75) is 0 Å². The number of nitrogens with zero attached hydrogens (tertiary/aromatic N) is 4. The van der Waals surface area contributed by atoms with Crippen LogP contribution in [0.2, 0.25) is 0 Å². The molecule has 3 heterocycles. The molecule has 0 bridgehead atoms. The molecule has 15 rings (SSSR count). The lowest BCUT2D eigenvalue weighted by Gasteiger charge is -2.13. The second kappa shape index (κ2) is 16.6. The summed E-state index contributed by atoms with van der Waals surface area (Å²) in [4.78, 5) is 21.2. The largest absolute Gasteiger partial charge is 0.252 e. The third kappa shape index (κ3) is 6.89. The number of hydrogen-bond acceptors (Lipinski definition) is 5. The molecule has 0 amide bonds. The highest BCUT2D eigenvalue weighted by Gasteiger charge is 2.18. The predicted molar refractivity (Wildman–Crippen MR) is 308 cm³/mol. The first kappa shape index (κ1) is 41.4. The van der Waals surface area contributed by atoms with Crippen molar-refractivity contribution < 1.29 is 0 Å². The van der Waals surface area contributed by atoms with E-state index in [9.17, 15) is 0 Å². The van der Waals surface area contributed by atoms with Gasteiger partial charge in [0.25, 0.3) is 0 Å². The van der Waals surface area contributed by atoms with Gasteiger partial charge in [-0.1, -0.05) is 170 Å². The van der Waals surface area contributed by atoms with E-state index in [1.54, 1.807) is 0 Å². The highest BCUT2D eigenvalue weighted by atomic mass is 32.1. The van der Waals surface area contributed by atoms with Crippen molar-refractivity contribution in [1.29, 1.82) is 0 Å². The van der Waals surface area contributed by atoms with E-state index in [0.717, 1.165) is 111 Å². The van der Waals surface area contributed by atoms with Crippen molar-refractivity contribution >= 4 is 96.7 Å². The molecule has 0 unspecified atom stereocenters. The Labute approximate surface area is 424 Å². The average Bonchev–Trinajstić information content (AvgIpc) is 3.84. The van der Waals surface area contributed by atoms with Gasteiger partial charge in [-0.3, -0.25) is 9.97 Å². The van der Waals surface area contributed by atoms with Gasteiger partial charge in [0, 0.05) is 52.8 Å². The molecule has 0 aliphatic carbocycles. The Balaban J connectivity index is 0.877. The highest BCUT2D eigenvalue weighted by Crippen LogP contribution is 2.43. The number of fused-ring (bicyclic) bond motifs is 15. The third-order valence-corrected chi connectivity index (χ3v) is 15.8. The lowest BCUT2D eigenvalue weighted by molar-refractivity contribution is 1.31. The molecule has 0 atom stereocenters. The minimum atomic E-state index is 0.840. The van der Waals surface area contributed by atoms with Gasteiger partial charge in [0.2, 0.25) is 0 Å². The number of rotatable bonds is 6. The van der Waals surface area contributed by atoms with Crippen molar-refractivity contribution in [1.82, 2.24) is 19.9 Å². The fourth-order valence-corrected chi connectivity index (χ4v) is 12.2. The Morgan fingerprint density at radius 3 is 0.918 bits per heavy atom. The Hall–Kier alpha value is -9.42. The van der Waals surface area contributed by atoms with E-state index in [1.165, 1.54) is 41.7 Å². The van der Waals surface area contributed by atoms with Crippen molar-refractivity contribution in [2.75, 3.05) is 0 Å². The summed E-state index contributed by atoms with van der Waals surface area (Å²) in [7, 11) is 0. The summed E-state index contributed by atoms with van der Waals surface area (Å²) in [6.07, 6.45) is 3.89. The van der Waals surface area contributed by atoms with Gasteiger partial charge in [0.15, 0.2) is 0 Å². The number of hydrogen-bond donors (Lipinski definition) is 0. The SMILES string of the molecule is c1ccc(-c2cc(-c3ccc4sc5ccc(-c6cc(-c7ccccc7)cc(-c7cnc8c9ccccc9c9ccccc9c8n7)c6)cc5c4c3)cc(-c3cnc4c5ccccc5c5ccccc5c4n3)c2)cc1. The van der Waals surface area contributed by atoms with Gasteiger partial charge >= 0.3 is 0 Å². The zero-order valence-corrected chi connectivity index (χ0v) is 40.1. The average molecular weight is 945 g/mol. The van der Waals surface area contributed by atoms with Crippen LogP contribution in [-0.2, 0) is 0 Å². The van der Waals surface area contributed by atoms with Crippen molar-refractivity contribution in [2.24, 2.45) is 0 Å². The molecule has 4 nitrogen and oxygen atoms in total. The van der Waals surface area contributed by atoms with Gasteiger partial charge in [-0.2, -0.15) is 0 Å². The van der Waals surface area contributed by atoms with E-state index in [0.29, 0.717) is 0 Å². The molecule has 0 radical (unpaired) electrons. The molecule has 12 aromatic carbocycles. The zero-order chi connectivity index (χ0) is 48.0. The number of benzene rings is 12.